The number of nitrogens with zero attached hydrogens (tertiary/aromatic N) is 2. The van der Waals surface area contributed by atoms with Crippen LogP contribution in [0.4, 0.5) is 15.3 Å². The number of hydrogen-bond acceptors (Lipinski definition) is 8. The molecule has 13 heteroatoms. The van der Waals surface area contributed by atoms with Crippen molar-refractivity contribution in [3.05, 3.63) is 83.2 Å². The highest BCUT2D eigenvalue weighted by Gasteiger charge is 2.32. The summed E-state index contributed by atoms with van der Waals surface area (Å²) in [5, 5.41) is 9.09. The molecule has 2 fully saturated rings. The van der Waals surface area contributed by atoms with Crippen molar-refractivity contribution >= 4 is 46.5 Å². The van der Waals surface area contributed by atoms with E-state index in [1.165, 1.54) is 0 Å². The summed E-state index contributed by atoms with van der Waals surface area (Å²) in [6, 6.07) is 19.3. The third kappa shape index (κ3) is 12.9. The van der Waals surface area contributed by atoms with Crippen LogP contribution in [0.3, 0.4) is 0 Å². The van der Waals surface area contributed by atoms with Gasteiger partial charge in [0.2, 0.25) is 5.91 Å². The van der Waals surface area contributed by atoms with Gasteiger partial charge in [-0.3, -0.25) is 14.4 Å². The van der Waals surface area contributed by atoms with E-state index >= 15 is 0 Å². The molecule has 6 rings (SSSR count). The first-order valence-corrected chi connectivity index (χ1v) is 22.0. The second kappa shape index (κ2) is 19.5. The Hall–Kier alpha value is -5.72. The maximum atomic E-state index is 14.0. The number of imidazole rings is 1. The topological polar surface area (TPSA) is 172 Å². The van der Waals surface area contributed by atoms with Gasteiger partial charge in [0.1, 0.15) is 22.8 Å². The average molecular weight is 849 g/mol. The van der Waals surface area contributed by atoms with Crippen molar-refractivity contribution < 1.29 is 33.4 Å². The van der Waals surface area contributed by atoms with Crippen LogP contribution < -0.4 is 16.0 Å². The molecule has 0 unspecified atom stereocenters. The van der Waals surface area contributed by atoms with Crippen molar-refractivity contribution in [3.8, 4) is 11.1 Å². The molecule has 332 valence electrons. The van der Waals surface area contributed by atoms with Gasteiger partial charge in [0.25, 0.3) is 5.91 Å². The highest BCUT2D eigenvalue weighted by atomic mass is 16.6. The number of aromatic nitrogens is 2. The molecular formula is C49H64N6O7. The van der Waals surface area contributed by atoms with E-state index in [0.717, 1.165) is 52.0 Å². The molecule has 13 nitrogen and oxygen atoms in total. The molecule has 2 aliphatic rings. The SMILES string of the molecule is Cc1nc2ccc(NC(=O)[C@@H](CC(=O)C3CCC(CNC(=O)OC(C)(C)C)CC3)Cc3ccc(-c4ccc(C(=O)NC5CCN(C(=O)OC(C)(C)C)CC5)cc4C)cc3)cc2[nH]1. The molecule has 0 spiro atoms. The molecular weight excluding hydrogens is 785 g/mol. The predicted molar refractivity (Wildman–Crippen MR) is 241 cm³/mol. The Labute approximate surface area is 365 Å². The smallest absolute Gasteiger partial charge is 0.410 e. The predicted octanol–water partition coefficient (Wildman–Crippen LogP) is 9.06. The number of carbonyl (C=O) groups excluding carboxylic acids is 5. The zero-order chi connectivity index (χ0) is 44.8. The molecule has 1 aliphatic heterocycles. The fourth-order valence-corrected chi connectivity index (χ4v) is 8.39. The van der Waals surface area contributed by atoms with Crippen LogP contribution in [0.1, 0.15) is 114 Å². The van der Waals surface area contributed by atoms with Crippen molar-refractivity contribution in [3.63, 3.8) is 0 Å². The summed E-state index contributed by atoms with van der Waals surface area (Å²) >= 11 is 0. The van der Waals surface area contributed by atoms with Gasteiger partial charge in [0.05, 0.1) is 11.0 Å². The van der Waals surface area contributed by atoms with E-state index < -0.39 is 23.2 Å². The number of amides is 4. The number of aryl methyl sites for hydroxylation is 2. The molecule has 3 aromatic carbocycles. The normalized spacial score (nSPS) is 17.8. The minimum Gasteiger partial charge on any atom is -0.444 e. The number of H-pyrrole nitrogens is 1. The van der Waals surface area contributed by atoms with Crippen molar-refractivity contribution in [2.24, 2.45) is 17.8 Å². The summed E-state index contributed by atoms with van der Waals surface area (Å²) in [5.74, 6) is 0.0465. The molecule has 4 aromatic rings. The minimum atomic E-state index is -0.594. The average Bonchev–Trinajstić information content (AvgIpc) is 3.58. The Balaban J connectivity index is 1.07. The van der Waals surface area contributed by atoms with E-state index in [-0.39, 0.29) is 48.0 Å². The summed E-state index contributed by atoms with van der Waals surface area (Å²) in [6.45, 7) is 16.5. The van der Waals surface area contributed by atoms with Gasteiger partial charge in [-0.05, 0) is 159 Å². The number of benzene rings is 3. The number of nitrogens with one attached hydrogen (secondary N) is 4. The molecule has 0 radical (unpaired) electrons. The van der Waals surface area contributed by atoms with Gasteiger partial charge < -0.3 is 35.3 Å². The van der Waals surface area contributed by atoms with E-state index in [2.05, 4.69) is 25.9 Å². The van der Waals surface area contributed by atoms with Crippen LogP contribution in [0.2, 0.25) is 0 Å². The molecule has 2 heterocycles. The second-order valence-electron chi connectivity index (χ2n) is 19.2. The summed E-state index contributed by atoms with van der Waals surface area (Å²) in [6.07, 6.45) is 4.12. The Morgan fingerprint density at radius 3 is 2.15 bits per heavy atom. The number of hydrogen-bond donors (Lipinski definition) is 4. The van der Waals surface area contributed by atoms with Crippen molar-refractivity contribution in [1.29, 1.82) is 0 Å². The second-order valence-corrected chi connectivity index (χ2v) is 19.2. The van der Waals surface area contributed by atoms with E-state index in [4.69, 9.17) is 9.47 Å². The van der Waals surface area contributed by atoms with E-state index in [1.54, 1.807) is 4.90 Å². The number of rotatable bonds is 12. The van der Waals surface area contributed by atoms with E-state index in [0.29, 0.717) is 63.0 Å². The number of ether oxygens (including phenoxy) is 2. The standard InChI is InChI=1S/C49H64N6O7/c1-30-25-36(44(57)53-38-21-23-55(24-22-38)47(60)62-49(6,7)8)17-19-40(30)34-13-9-32(10-14-34)26-37(45(58)54-39-18-20-41-42(28-39)52-31(2)51-41)27-43(56)35-15-11-33(12-16-35)29-50-46(59)61-48(3,4)5/h9-10,13-14,17-20,25,28,33,35,37-38H,11-12,15-16,21-24,26-27,29H2,1-8H3,(H,50,59)(H,51,52)(H,53,57)(H,54,58)/t33?,35?,37-/m1/s1. The number of piperidine rings is 1. The van der Waals surface area contributed by atoms with Crippen molar-refractivity contribution in [2.75, 3.05) is 25.0 Å². The first-order valence-electron chi connectivity index (χ1n) is 22.0. The Kier molecular flexibility index (Phi) is 14.4. The molecule has 1 atom stereocenters. The molecule has 62 heavy (non-hydrogen) atoms. The van der Waals surface area contributed by atoms with Crippen LogP contribution in [0.15, 0.2) is 60.7 Å². The molecule has 4 N–H and O–H groups in total. The molecule has 4 amide bonds. The number of likely N-dealkylation sites (tertiary alicyclic amines) is 1. The fraction of sp³-hybridized carbons (Fsp3) is 0.510. The minimum absolute atomic E-state index is 0.0333. The first-order chi connectivity index (χ1) is 29.3. The van der Waals surface area contributed by atoms with Crippen LogP contribution in [-0.4, -0.2) is 81.5 Å². The molecule has 1 saturated carbocycles. The lowest BCUT2D eigenvalue weighted by atomic mass is 9.77. The maximum absolute atomic E-state index is 14.0. The zero-order valence-electron chi connectivity index (χ0n) is 37.6. The lowest BCUT2D eigenvalue weighted by Crippen LogP contribution is -2.47. The number of fused-ring (bicyclic) bond motifs is 1. The van der Waals surface area contributed by atoms with Gasteiger partial charge in [0, 0.05) is 55.2 Å². The van der Waals surface area contributed by atoms with Crippen molar-refractivity contribution in [1.82, 2.24) is 25.5 Å². The quantitative estimate of drug-likeness (QED) is 0.109. The van der Waals surface area contributed by atoms with Crippen molar-refractivity contribution in [2.45, 2.75) is 124 Å². The number of ketones is 1. The number of Topliss-reactive ketones (excluding diaryl/α,β-unsaturated/α-hetero) is 1. The fourth-order valence-electron chi connectivity index (χ4n) is 8.39. The van der Waals surface area contributed by atoms with Gasteiger partial charge in [-0.2, -0.15) is 0 Å². The largest absolute Gasteiger partial charge is 0.444 e. The van der Waals surface area contributed by atoms with Crippen LogP contribution in [0.5, 0.6) is 0 Å². The monoisotopic (exact) mass is 848 g/mol. The Morgan fingerprint density at radius 1 is 0.823 bits per heavy atom. The van der Waals surface area contributed by atoms with E-state index in [9.17, 15) is 24.0 Å². The molecule has 1 aliphatic carbocycles. The number of anilines is 1. The third-order valence-electron chi connectivity index (χ3n) is 11.6. The number of alkyl carbamates (subject to hydrolysis) is 1. The number of aromatic amines is 1. The maximum Gasteiger partial charge on any atom is 0.410 e. The Morgan fingerprint density at radius 2 is 1.50 bits per heavy atom. The van der Waals surface area contributed by atoms with Gasteiger partial charge in [-0.1, -0.05) is 30.3 Å². The summed E-state index contributed by atoms with van der Waals surface area (Å²) in [4.78, 5) is 75.2. The van der Waals surface area contributed by atoms with E-state index in [1.807, 2.05) is 116 Å². The van der Waals surface area contributed by atoms with Crippen LogP contribution >= 0.6 is 0 Å². The van der Waals surface area contributed by atoms with Crippen LogP contribution in [0.25, 0.3) is 22.2 Å². The van der Waals surface area contributed by atoms with Crippen LogP contribution in [0, 0.1) is 31.6 Å². The number of carbonyl (C=O) groups is 5. The lowest BCUT2D eigenvalue weighted by molar-refractivity contribution is -0.129. The third-order valence-corrected chi connectivity index (χ3v) is 11.6. The Bertz CT molecular complexity index is 2240. The zero-order valence-corrected chi connectivity index (χ0v) is 37.6. The van der Waals surface area contributed by atoms with Gasteiger partial charge in [-0.15, -0.1) is 0 Å². The summed E-state index contributed by atoms with van der Waals surface area (Å²) in [7, 11) is 0. The molecule has 1 saturated heterocycles. The van der Waals surface area contributed by atoms with Crippen LogP contribution in [-0.2, 0) is 25.5 Å². The molecule has 0 bridgehead atoms. The first kappa shape index (κ1) is 45.8. The summed E-state index contributed by atoms with van der Waals surface area (Å²) in [5.41, 5.74) is 5.57. The highest BCUT2D eigenvalue weighted by Crippen LogP contribution is 2.32. The van der Waals surface area contributed by atoms with Gasteiger partial charge in [-0.25, -0.2) is 14.6 Å². The summed E-state index contributed by atoms with van der Waals surface area (Å²) < 4.78 is 10.9. The lowest BCUT2D eigenvalue weighted by Gasteiger charge is -2.33. The van der Waals surface area contributed by atoms with Gasteiger partial charge >= 0.3 is 12.2 Å². The highest BCUT2D eigenvalue weighted by molar-refractivity contribution is 5.97. The molecule has 1 aromatic heterocycles. The van der Waals surface area contributed by atoms with Gasteiger partial charge in [0.15, 0.2) is 0 Å².